The molecule has 2 aliphatic carbocycles. The maximum absolute atomic E-state index is 10.9. The molecule has 0 unspecified atom stereocenters. The largest absolute Gasteiger partial charge is 0.328 e. The van der Waals surface area contributed by atoms with Crippen molar-refractivity contribution in [2.24, 2.45) is 0 Å². The van der Waals surface area contributed by atoms with E-state index in [4.69, 9.17) is 0 Å². The number of benzene rings is 1. The van der Waals surface area contributed by atoms with Crippen molar-refractivity contribution in [2.75, 3.05) is 5.32 Å². The highest BCUT2D eigenvalue weighted by molar-refractivity contribution is 5.80. The lowest BCUT2D eigenvalue weighted by Gasteiger charge is -2.18. The molecule has 0 heterocycles. The number of fused-ring (bicyclic) bond motifs is 2. The van der Waals surface area contributed by atoms with Crippen LogP contribution in [0.15, 0.2) is 12.7 Å². The number of allylic oxidation sites excluding steroid dienone is 1. The molecule has 3 rings (SSSR count). The minimum absolute atomic E-state index is 0.833. The maximum atomic E-state index is 10.9. The fraction of sp³-hybridized carbons (Fsp3) is 0.438. The van der Waals surface area contributed by atoms with Crippen LogP contribution in [0.2, 0.25) is 0 Å². The van der Waals surface area contributed by atoms with Crippen LogP contribution in [0.25, 0.3) is 0 Å². The van der Waals surface area contributed by atoms with E-state index >= 15 is 0 Å². The Bertz CT molecular complexity index is 436. The van der Waals surface area contributed by atoms with Gasteiger partial charge in [0.2, 0.25) is 6.41 Å². The van der Waals surface area contributed by atoms with Crippen LogP contribution in [-0.4, -0.2) is 6.41 Å². The van der Waals surface area contributed by atoms with Crippen molar-refractivity contribution in [2.45, 2.75) is 44.9 Å². The van der Waals surface area contributed by atoms with Crippen LogP contribution in [0, 0.1) is 0 Å². The van der Waals surface area contributed by atoms with Crippen molar-refractivity contribution >= 4 is 12.1 Å². The maximum Gasteiger partial charge on any atom is 0.211 e. The van der Waals surface area contributed by atoms with Crippen molar-refractivity contribution in [1.29, 1.82) is 0 Å². The first-order valence-corrected chi connectivity index (χ1v) is 6.86. The second kappa shape index (κ2) is 4.60. The zero-order valence-corrected chi connectivity index (χ0v) is 10.7. The van der Waals surface area contributed by atoms with Crippen LogP contribution in [0.3, 0.4) is 0 Å². The van der Waals surface area contributed by atoms with E-state index in [2.05, 4.69) is 11.9 Å². The lowest BCUT2D eigenvalue weighted by Crippen LogP contribution is -2.07. The molecule has 0 atom stereocenters. The lowest BCUT2D eigenvalue weighted by molar-refractivity contribution is -0.105. The van der Waals surface area contributed by atoms with Crippen molar-refractivity contribution < 1.29 is 4.79 Å². The van der Waals surface area contributed by atoms with Crippen LogP contribution in [0.1, 0.15) is 40.7 Å². The topological polar surface area (TPSA) is 29.1 Å². The second-order valence-electron chi connectivity index (χ2n) is 5.23. The van der Waals surface area contributed by atoms with Crippen molar-refractivity contribution in [3.8, 4) is 0 Å². The molecule has 1 amide bonds. The van der Waals surface area contributed by atoms with Gasteiger partial charge in [0.05, 0.1) is 0 Å². The molecule has 1 N–H and O–H groups in total. The first kappa shape index (κ1) is 11.5. The predicted molar refractivity (Wildman–Crippen MR) is 74.1 cm³/mol. The molecule has 0 aromatic heterocycles. The predicted octanol–water partition coefficient (Wildman–Crippen LogP) is 2.96. The van der Waals surface area contributed by atoms with Gasteiger partial charge in [-0.2, -0.15) is 0 Å². The summed E-state index contributed by atoms with van der Waals surface area (Å²) in [6.07, 6.45) is 10.8. The fourth-order valence-electron chi connectivity index (χ4n) is 3.69. The molecule has 1 aromatic carbocycles. The fourth-order valence-corrected chi connectivity index (χ4v) is 3.69. The van der Waals surface area contributed by atoms with Gasteiger partial charge in [-0.15, -0.1) is 6.58 Å². The zero-order chi connectivity index (χ0) is 12.5. The number of anilines is 1. The first-order chi connectivity index (χ1) is 8.86. The van der Waals surface area contributed by atoms with E-state index in [1.54, 1.807) is 0 Å². The molecule has 0 radical (unpaired) electrons. The molecule has 2 nitrogen and oxygen atoms in total. The highest BCUT2D eigenvalue weighted by Crippen LogP contribution is 2.41. The van der Waals surface area contributed by atoms with Gasteiger partial charge in [0.15, 0.2) is 0 Å². The molecule has 2 aliphatic rings. The summed E-state index contributed by atoms with van der Waals surface area (Å²) >= 11 is 0. The number of carbonyl (C=O) groups excluding carboxylic acids is 1. The summed E-state index contributed by atoms with van der Waals surface area (Å²) in [7, 11) is 0. The van der Waals surface area contributed by atoms with Gasteiger partial charge in [-0.05, 0) is 72.8 Å². The highest BCUT2D eigenvalue weighted by Gasteiger charge is 2.27. The minimum Gasteiger partial charge on any atom is -0.328 e. The molecule has 0 bridgehead atoms. The molecule has 0 saturated carbocycles. The number of rotatable bonds is 4. The zero-order valence-electron chi connectivity index (χ0n) is 10.7. The van der Waals surface area contributed by atoms with E-state index in [-0.39, 0.29) is 0 Å². The molecule has 0 fully saturated rings. The number of amides is 1. The molecule has 94 valence electrons. The Balaban J connectivity index is 2.24. The van der Waals surface area contributed by atoms with Crippen LogP contribution in [0.5, 0.6) is 0 Å². The van der Waals surface area contributed by atoms with E-state index in [1.165, 1.54) is 53.5 Å². The van der Waals surface area contributed by atoms with Crippen molar-refractivity contribution in [3.63, 3.8) is 0 Å². The van der Waals surface area contributed by atoms with E-state index in [0.717, 1.165) is 31.4 Å². The minimum atomic E-state index is 0.833. The summed E-state index contributed by atoms with van der Waals surface area (Å²) in [6.45, 7) is 3.89. The number of hydrogen-bond acceptors (Lipinski definition) is 1. The van der Waals surface area contributed by atoms with Gasteiger partial charge in [-0.3, -0.25) is 4.79 Å². The SMILES string of the molecule is C=CCc1c2c(c(NC=O)c3c1CCC3)CCC2. The summed E-state index contributed by atoms with van der Waals surface area (Å²) in [4.78, 5) is 10.9. The Morgan fingerprint density at radius 3 is 2.06 bits per heavy atom. The summed E-state index contributed by atoms with van der Waals surface area (Å²) < 4.78 is 0. The molecular weight excluding hydrogens is 222 g/mol. The molecule has 0 aliphatic heterocycles. The van der Waals surface area contributed by atoms with Gasteiger partial charge >= 0.3 is 0 Å². The van der Waals surface area contributed by atoms with Crippen LogP contribution in [0.4, 0.5) is 5.69 Å². The molecule has 18 heavy (non-hydrogen) atoms. The number of nitrogens with one attached hydrogen (secondary N) is 1. The lowest BCUT2D eigenvalue weighted by atomic mass is 9.90. The molecule has 0 saturated heterocycles. The highest BCUT2D eigenvalue weighted by atomic mass is 16.1. The summed E-state index contributed by atoms with van der Waals surface area (Å²) in [5.74, 6) is 0. The van der Waals surface area contributed by atoms with Gasteiger partial charge in [-0.25, -0.2) is 0 Å². The normalized spacial score (nSPS) is 16.2. The smallest absolute Gasteiger partial charge is 0.211 e. The third-order valence-electron chi connectivity index (χ3n) is 4.32. The molecular formula is C16H19NO. The average Bonchev–Trinajstić information content (AvgIpc) is 3.01. The van der Waals surface area contributed by atoms with Crippen molar-refractivity contribution in [3.05, 3.63) is 40.5 Å². The number of carbonyl (C=O) groups is 1. The monoisotopic (exact) mass is 241 g/mol. The average molecular weight is 241 g/mol. The summed E-state index contributed by atoms with van der Waals surface area (Å²) in [5.41, 5.74) is 8.46. The Hall–Kier alpha value is -1.57. The Kier molecular flexibility index (Phi) is 2.94. The van der Waals surface area contributed by atoms with E-state index in [9.17, 15) is 4.79 Å². The Morgan fingerprint density at radius 1 is 1.00 bits per heavy atom. The number of hydrogen-bond donors (Lipinski definition) is 1. The van der Waals surface area contributed by atoms with Gasteiger partial charge < -0.3 is 5.32 Å². The van der Waals surface area contributed by atoms with Gasteiger partial charge in [0, 0.05) is 5.69 Å². The summed E-state index contributed by atoms with van der Waals surface area (Å²) in [6, 6.07) is 0. The summed E-state index contributed by atoms with van der Waals surface area (Å²) in [5, 5.41) is 2.97. The Morgan fingerprint density at radius 2 is 1.56 bits per heavy atom. The van der Waals surface area contributed by atoms with Crippen LogP contribution >= 0.6 is 0 Å². The second-order valence-corrected chi connectivity index (χ2v) is 5.23. The van der Waals surface area contributed by atoms with Crippen LogP contribution in [-0.2, 0) is 36.9 Å². The standard InChI is InChI=1S/C16H19NO/c1-2-5-11-12-6-3-8-14(12)16(17-10-18)15-9-4-7-13(11)15/h2,10H,1,3-9H2,(H,17,18). The van der Waals surface area contributed by atoms with Gasteiger partial charge in [-0.1, -0.05) is 6.08 Å². The van der Waals surface area contributed by atoms with Gasteiger partial charge in [0.1, 0.15) is 0 Å². The Labute approximate surface area is 108 Å². The first-order valence-electron chi connectivity index (χ1n) is 6.86. The third-order valence-corrected chi connectivity index (χ3v) is 4.32. The van der Waals surface area contributed by atoms with Crippen molar-refractivity contribution in [1.82, 2.24) is 0 Å². The van der Waals surface area contributed by atoms with Crippen LogP contribution < -0.4 is 5.32 Å². The molecule has 1 aromatic rings. The quantitative estimate of drug-likeness (QED) is 0.637. The molecule has 0 spiro atoms. The van der Waals surface area contributed by atoms with E-state index in [1.807, 2.05) is 6.08 Å². The third kappa shape index (κ3) is 1.59. The molecule has 2 heteroatoms. The van der Waals surface area contributed by atoms with E-state index in [0.29, 0.717) is 0 Å². The van der Waals surface area contributed by atoms with E-state index < -0.39 is 0 Å². The van der Waals surface area contributed by atoms with Gasteiger partial charge in [0.25, 0.3) is 0 Å².